The number of likely N-dealkylation sites (tertiary alicyclic amines) is 1. The molecule has 3 rings (SSSR count). The van der Waals surface area contributed by atoms with Crippen LogP contribution in [0.25, 0.3) is 0 Å². The highest BCUT2D eigenvalue weighted by Crippen LogP contribution is 2.37. The molecule has 0 aromatic carbocycles. The third kappa shape index (κ3) is 3.56. The summed E-state index contributed by atoms with van der Waals surface area (Å²) in [7, 11) is 1.87. The van der Waals surface area contributed by atoms with Crippen LogP contribution in [0.4, 0.5) is 0 Å². The van der Waals surface area contributed by atoms with E-state index >= 15 is 0 Å². The highest BCUT2D eigenvalue weighted by molar-refractivity contribution is 5.92. The van der Waals surface area contributed by atoms with Crippen LogP contribution >= 0.6 is 12.4 Å². The first-order valence-corrected chi connectivity index (χ1v) is 8.35. The number of hydrogen-bond acceptors (Lipinski definition) is 3. The van der Waals surface area contributed by atoms with Crippen molar-refractivity contribution >= 4 is 18.3 Å². The number of hydrogen-bond donors (Lipinski definition) is 1. The molecule has 23 heavy (non-hydrogen) atoms. The van der Waals surface area contributed by atoms with Crippen LogP contribution < -0.4 is 5.32 Å². The normalized spacial score (nSPS) is 20.6. The summed E-state index contributed by atoms with van der Waals surface area (Å²) < 4.78 is 1.74. The molecule has 0 unspecified atom stereocenters. The zero-order chi connectivity index (χ0) is 16.0. The summed E-state index contributed by atoms with van der Waals surface area (Å²) in [6.45, 7) is 10.4. The average molecular weight is 341 g/mol. The minimum atomic E-state index is -0.0300. The second-order valence-electron chi connectivity index (χ2n) is 8.01. The number of aromatic nitrogens is 2. The number of carbonyl (C=O) groups excluding carboxylic acids is 1. The average Bonchev–Trinajstić information content (AvgIpc) is 3.06. The van der Waals surface area contributed by atoms with E-state index in [9.17, 15) is 4.79 Å². The van der Waals surface area contributed by atoms with Crippen molar-refractivity contribution in [2.45, 2.75) is 45.4 Å². The van der Waals surface area contributed by atoms with E-state index in [0.717, 1.165) is 44.7 Å². The summed E-state index contributed by atoms with van der Waals surface area (Å²) in [5, 5.41) is 8.00. The Morgan fingerprint density at radius 3 is 2.39 bits per heavy atom. The molecule has 5 nitrogen and oxygen atoms in total. The van der Waals surface area contributed by atoms with E-state index < -0.39 is 0 Å². The summed E-state index contributed by atoms with van der Waals surface area (Å²) in [5.41, 5.74) is 2.11. The van der Waals surface area contributed by atoms with Gasteiger partial charge in [-0.05, 0) is 37.3 Å². The summed E-state index contributed by atoms with van der Waals surface area (Å²) >= 11 is 0. The molecule has 2 aliphatic rings. The van der Waals surface area contributed by atoms with Gasteiger partial charge >= 0.3 is 0 Å². The number of aryl methyl sites for hydroxylation is 1. The fourth-order valence-corrected chi connectivity index (χ4v) is 3.60. The van der Waals surface area contributed by atoms with E-state index in [1.165, 1.54) is 6.42 Å². The molecule has 130 valence electrons. The van der Waals surface area contributed by atoms with Crippen molar-refractivity contribution in [3.8, 4) is 0 Å². The lowest BCUT2D eigenvalue weighted by Gasteiger charge is -2.38. The van der Waals surface area contributed by atoms with E-state index in [0.29, 0.717) is 11.1 Å². The lowest BCUT2D eigenvalue weighted by atomic mass is 9.78. The first kappa shape index (κ1) is 18.3. The topological polar surface area (TPSA) is 50.2 Å². The van der Waals surface area contributed by atoms with Gasteiger partial charge in [-0.25, -0.2) is 0 Å². The van der Waals surface area contributed by atoms with Crippen LogP contribution in [-0.2, 0) is 12.5 Å². The Bertz CT molecular complexity index is 560. The number of nitrogens with zero attached hydrogens (tertiary/aromatic N) is 3. The predicted molar refractivity (Wildman–Crippen MR) is 94.2 cm³/mol. The third-order valence-corrected chi connectivity index (χ3v) is 5.31. The predicted octanol–water partition coefficient (Wildman–Crippen LogP) is 2.36. The highest BCUT2D eigenvalue weighted by atomic mass is 35.5. The molecule has 6 heteroatoms. The standard InChI is InChI=1S/C17H28N4O.ClH/c1-16(2,3)14-11-13(20(4)19-14)15(22)21-9-6-17(7-10-21)5-8-18-12-17;/h11,18H,5-10,12H2,1-4H3;1H. The second-order valence-corrected chi connectivity index (χ2v) is 8.01. The van der Waals surface area contributed by atoms with Crippen LogP contribution in [0.15, 0.2) is 6.07 Å². The van der Waals surface area contributed by atoms with Crippen LogP contribution in [0.5, 0.6) is 0 Å². The zero-order valence-electron chi connectivity index (χ0n) is 14.7. The van der Waals surface area contributed by atoms with Gasteiger partial charge in [0.15, 0.2) is 0 Å². The number of carbonyl (C=O) groups is 1. The lowest BCUT2D eigenvalue weighted by Crippen LogP contribution is -2.44. The van der Waals surface area contributed by atoms with Gasteiger partial charge in [-0.1, -0.05) is 20.8 Å². The van der Waals surface area contributed by atoms with Gasteiger partial charge < -0.3 is 10.2 Å². The number of nitrogens with one attached hydrogen (secondary N) is 1. The molecule has 0 aliphatic carbocycles. The van der Waals surface area contributed by atoms with Gasteiger partial charge in [0, 0.05) is 32.1 Å². The van der Waals surface area contributed by atoms with Crippen molar-refractivity contribution < 1.29 is 4.79 Å². The van der Waals surface area contributed by atoms with Crippen molar-refractivity contribution in [2.24, 2.45) is 12.5 Å². The van der Waals surface area contributed by atoms with Gasteiger partial charge in [-0.3, -0.25) is 9.48 Å². The Labute approximate surface area is 145 Å². The lowest BCUT2D eigenvalue weighted by molar-refractivity contribution is 0.0597. The first-order valence-electron chi connectivity index (χ1n) is 8.35. The number of amides is 1. The number of piperidine rings is 1. The smallest absolute Gasteiger partial charge is 0.272 e. The fraction of sp³-hybridized carbons (Fsp3) is 0.765. The van der Waals surface area contributed by atoms with Crippen LogP contribution in [0.2, 0.25) is 0 Å². The van der Waals surface area contributed by atoms with Crippen LogP contribution in [0, 0.1) is 5.41 Å². The molecule has 1 spiro atoms. The SMILES string of the molecule is Cl.Cn1nc(C(C)(C)C)cc1C(=O)N1CCC2(CCNC2)CC1. The molecule has 2 fully saturated rings. The van der Waals surface area contributed by atoms with Crippen molar-refractivity contribution in [1.82, 2.24) is 20.0 Å². The molecule has 0 bridgehead atoms. The summed E-state index contributed by atoms with van der Waals surface area (Å²) in [6, 6.07) is 1.96. The Kier molecular flexibility index (Phi) is 5.12. The molecule has 2 saturated heterocycles. The first-order chi connectivity index (χ1) is 10.3. The number of halogens is 1. The van der Waals surface area contributed by atoms with Gasteiger partial charge in [-0.15, -0.1) is 12.4 Å². The minimum Gasteiger partial charge on any atom is -0.337 e. The molecule has 2 aliphatic heterocycles. The van der Waals surface area contributed by atoms with E-state index in [1.54, 1.807) is 4.68 Å². The van der Waals surface area contributed by atoms with Crippen molar-refractivity contribution in [2.75, 3.05) is 26.2 Å². The van der Waals surface area contributed by atoms with Crippen molar-refractivity contribution in [3.63, 3.8) is 0 Å². The molecular weight excluding hydrogens is 312 g/mol. The molecule has 1 aromatic rings. The maximum atomic E-state index is 12.8. The van der Waals surface area contributed by atoms with Gasteiger partial charge in [-0.2, -0.15) is 5.10 Å². The Morgan fingerprint density at radius 2 is 1.91 bits per heavy atom. The second kappa shape index (κ2) is 6.44. The maximum absolute atomic E-state index is 12.8. The molecule has 0 saturated carbocycles. The van der Waals surface area contributed by atoms with Crippen LogP contribution in [0.3, 0.4) is 0 Å². The van der Waals surface area contributed by atoms with Crippen molar-refractivity contribution in [1.29, 1.82) is 0 Å². The largest absolute Gasteiger partial charge is 0.337 e. The van der Waals surface area contributed by atoms with Gasteiger partial charge in [0.2, 0.25) is 0 Å². The molecule has 1 amide bonds. The van der Waals surface area contributed by atoms with Crippen molar-refractivity contribution in [3.05, 3.63) is 17.5 Å². The Morgan fingerprint density at radius 1 is 1.26 bits per heavy atom. The third-order valence-electron chi connectivity index (χ3n) is 5.31. The maximum Gasteiger partial charge on any atom is 0.272 e. The van der Waals surface area contributed by atoms with Gasteiger partial charge in [0.1, 0.15) is 5.69 Å². The van der Waals surface area contributed by atoms with E-state index in [4.69, 9.17) is 0 Å². The Hall–Kier alpha value is -1.07. The quantitative estimate of drug-likeness (QED) is 0.853. The van der Waals surface area contributed by atoms with Gasteiger partial charge in [0.25, 0.3) is 5.91 Å². The minimum absolute atomic E-state index is 0. The molecular formula is C17H29ClN4O. The van der Waals surface area contributed by atoms with E-state index in [1.807, 2.05) is 18.0 Å². The van der Waals surface area contributed by atoms with Crippen LogP contribution in [0.1, 0.15) is 56.2 Å². The fourth-order valence-electron chi connectivity index (χ4n) is 3.60. The molecule has 1 aromatic heterocycles. The Balaban J connectivity index is 0.00000192. The van der Waals surface area contributed by atoms with Gasteiger partial charge in [0.05, 0.1) is 5.69 Å². The monoisotopic (exact) mass is 340 g/mol. The molecule has 3 heterocycles. The van der Waals surface area contributed by atoms with E-state index in [-0.39, 0.29) is 23.7 Å². The summed E-state index contributed by atoms with van der Waals surface area (Å²) in [4.78, 5) is 14.8. The highest BCUT2D eigenvalue weighted by Gasteiger charge is 2.38. The number of rotatable bonds is 1. The van der Waals surface area contributed by atoms with Crippen LogP contribution in [-0.4, -0.2) is 46.8 Å². The summed E-state index contributed by atoms with van der Waals surface area (Å²) in [6.07, 6.45) is 3.50. The molecule has 0 atom stereocenters. The molecule has 1 N–H and O–H groups in total. The zero-order valence-corrected chi connectivity index (χ0v) is 15.5. The molecule has 0 radical (unpaired) electrons. The summed E-state index contributed by atoms with van der Waals surface area (Å²) in [5.74, 6) is 0.131. The van der Waals surface area contributed by atoms with E-state index in [2.05, 4.69) is 31.2 Å².